The van der Waals surface area contributed by atoms with Crippen molar-refractivity contribution < 1.29 is 37.8 Å². The maximum atomic E-state index is 14.3. The molecular formula is C31H34O8. The van der Waals surface area contributed by atoms with Crippen LogP contribution in [0.15, 0.2) is 58.0 Å². The number of esters is 3. The lowest BCUT2D eigenvalue weighted by Gasteiger charge is -2.63. The van der Waals surface area contributed by atoms with Gasteiger partial charge in [0.05, 0.1) is 24.9 Å². The summed E-state index contributed by atoms with van der Waals surface area (Å²) in [5.41, 5.74) is 0.824. The van der Waals surface area contributed by atoms with Crippen molar-refractivity contribution >= 4 is 23.7 Å². The molecule has 39 heavy (non-hydrogen) atoms. The van der Waals surface area contributed by atoms with Crippen LogP contribution in [-0.4, -0.2) is 36.4 Å². The minimum absolute atomic E-state index is 0.0154. The van der Waals surface area contributed by atoms with E-state index >= 15 is 0 Å². The topological polar surface area (TPSA) is 109 Å². The Bertz CT molecular complexity index is 1360. The fraction of sp³-hybridized carbons (Fsp3) is 0.548. The predicted octanol–water partition coefficient (Wildman–Crippen LogP) is 4.81. The highest BCUT2D eigenvalue weighted by atomic mass is 16.6. The Morgan fingerprint density at radius 3 is 2.64 bits per heavy atom. The molecule has 0 aromatic carbocycles. The lowest BCUT2D eigenvalue weighted by molar-refractivity contribution is -0.214. The fourth-order valence-corrected chi connectivity index (χ4v) is 8.22. The monoisotopic (exact) mass is 534 g/mol. The zero-order valence-electron chi connectivity index (χ0n) is 22.9. The number of ether oxygens (including phenoxy) is 3. The number of Topliss-reactive ketones (excluding diaryl/α,β-unsaturated/α-hetero) is 1. The number of carbonyl (C=O) groups is 4. The fourth-order valence-electron chi connectivity index (χ4n) is 8.22. The standard InChI is InChI=1S/C31H34O8/c1-6-16(2)28(35)39-27-19-11-18-20(31(5,25(19)34)22-13-23(32)37-15-30(22,27)4)7-9-29(3)21(18)12-24(33)38-26(29)17-8-10-36-14-17/h6,8,10-12,14,19-20,22,26-27H,7,9,13,15H2,1-5H3/b16-6+/t19-,20+,22+,26+,27-,29-,30+,31-/m1/s1. The van der Waals surface area contributed by atoms with Crippen LogP contribution >= 0.6 is 0 Å². The maximum Gasteiger partial charge on any atom is 0.333 e. The van der Waals surface area contributed by atoms with Gasteiger partial charge in [-0.15, -0.1) is 0 Å². The van der Waals surface area contributed by atoms with E-state index < -0.39 is 52.2 Å². The van der Waals surface area contributed by atoms with Crippen LogP contribution in [0.25, 0.3) is 0 Å². The van der Waals surface area contributed by atoms with Gasteiger partial charge in [-0.1, -0.05) is 32.9 Å². The van der Waals surface area contributed by atoms with Gasteiger partial charge in [0.25, 0.3) is 0 Å². The minimum Gasteiger partial charge on any atom is -0.472 e. The van der Waals surface area contributed by atoms with Gasteiger partial charge in [-0.3, -0.25) is 9.59 Å². The third-order valence-electron chi connectivity index (χ3n) is 10.5. The average Bonchev–Trinajstić information content (AvgIpc) is 3.44. The SMILES string of the molecule is C/C=C(\C)C(=O)O[C@@H]1[C@@H]2C=C3C4=CC(=O)O[C@@H](c5ccoc5)[C@]4(C)CC[C@@H]3[C@@](C)(C2=O)[C@H]2CC(=O)OC[C@]12C. The first kappa shape index (κ1) is 25.8. The maximum absolute atomic E-state index is 14.3. The Morgan fingerprint density at radius 2 is 1.95 bits per heavy atom. The van der Waals surface area contributed by atoms with Crippen molar-refractivity contribution in [3.05, 3.63) is 59.1 Å². The lowest BCUT2D eigenvalue weighted by Crippen LogP contribution is -2.69. The smallest absolute Gasteiger partial charge is 0.333 e. The number of rotatable bonds is 3. The Kier molecular flexibility index (Phi) is 5.66. The molecule has 3 heterocycles. The zero-order valence-corrected chi connectivity index (χ0v) is 22.9. The molecule has 8 heteroatoms. The Hall–Kier alpha value is -3.42. The van der Waals surface area contributed by atoms with Crippen LogP contribution in [0.2, 0.25) is 0 Å². The van der Waals surface area contributed by atoms with Crippen LogP contribution in [0.1, 0.15) is 65.5 Å². The number of carbonyl (C=O) groups excluding carboxylic acids is 4. The normalized spacial score (nSPS) is 41.2. The summed E-state index contributed by atoms with van der Waals surface area (Å²) in [6, 6.07) is 1.81. The molecule has 6 rings (SSSR count). The number of allylic oxidation sites excluding steroid dienone is 2. The molecule has 0 N–H and O–H groups in total. The lowest BCUT2D eigenvalue weighted by atomic mass is 9.41. The van der Waals surface area contributed by atoms with Crippen molar-refractivity contribution in [3.8, 4) is 0 Å². The summed E-state index contributed by atoms with van der Waals surface area (Å²) in [5.74, 6) is -2.62. The quantitative estimate of drug-likeness (QED) is 0.309. The number of hydrogen-bond acceptors (Lipinski definition) is 8. The van der Waals surface area contributed by atoms with E-state index in [-0.39, 0.29) is 30.7 Å². The molecule has 0 spiro atoms. The molecule has 1 aromatic rings. The van der Waals surface area contributed by atoms with Gasteiger partial charge in [0.1, 0.15) is 24.6 Å². The summed E-state index contributed by atoms with van der Waals surface area (Å²) in [6.45, 7) is 9.54. The number of fused-ring (bicyclic) bond motifs is 8. The molecule has 3 aliphatic carbocycles. The van der Waals surface area contributed by atoms with Crippen LogP contribution in [0.3, 0.4) is 0 Å². The first-order chi connectivity index (χ1) is 18.4. The van der Waals surface area contributed by atoms with Gasteiger partial charge >= 0.3 is 17.9 Å². The molecule has 2 aliphatic heterocycles. The molecule has 3 fully saturated rings. The Balaban J connectivity index is 1.52. The first-order valence-corrected chi connectivity index (χ1v) is 13.7. The summed E-state index contributed by atoms with van der Waals surface area (Å²) in [5, 5.41) is 0. The van der Waals surface area contributed by atoms with Gasteiger partial charge < -0.3 is 18.6 Å². The average molecular weight is 535 g/mol. The molecule has 0 unspecified atom stereocenters. The van der Waals surface area contributed by atoms with Gasteiger partial charge in [0.2, 0.25) is 0 Å². The Morgan fingerprint density at radius 1 is 1.18 bits per heavy atom. The van der Waals surface area contributed by atoms with Crippen LogP contribution in [0, 0.1) is 34.0 Å². The molecule has 2 saturated carbocycles. The number of cyclic esters (lactones) is 2. The van der Waals surface area contributed by atoms with E-state index in [0.717, 1.165) is 16.7 Å². The van der Waals surface area contributed by atoms with Crippen LogP contribution in [0.5, 0.6) is 0 Å². The van der Waals surface area contributed by atoms with Crippen molar-refractivity contribution in [2.24, 2.45) is 34.0 Å². The third kappa shape index (κ3) is 3.42. The summed E-state index contributed by atoms with van der Waals surface area (Å²) < 4.78 is 22.8. The molecular weight excluding hydrogens is 500 g/mol. The first-order valence-electron chi connectivity index (χ1n) is 13.7. The van der Waals surface area contributed by atoms with E-state index in [2.05, 4.69) is 6.92 Å². The largest absolute Gasteiger partial charge is 0.472 e. The van der Waals surface area contributed by atoms with E-state index in [1.54, 1.807) is 38.5 Å². The van der Waals surface area contributed by atoms with E-state index in [9.17, 15) is 19.2 Å². The second-order valence-electron chi connectivity index (χ2n) is 12.5. The second kappa shape index (κ2) is 8.54. The summed E-state index contributed by atoms with van der Waals surface area (Å²) in [7, 11) is 0. The molecule has 0 amide bonds. The van der Waals surface area contributed by atoms with E-state index in [1.165, 1.54) is 0 Å². The molecule has 1 aromatic heterocycles. The van der Waals surface area contributed by atoms with E-state index in [0.29, 0.717) is 18.4 Å². The molecule has 8 nitrogen and oxygen atoms in total. The summed E-state index contributed by atoms with van der Waals surface area (Å²) >= 11 is 0. The van der Waals surface area contributed by atoms with Crippen molar-refractivity contribution in [2.45, 2.75) is 66.1 Å². The third-order valence-corrected chi connectivity index (χ3v) is 10.5. The van der Waals surface area contributed by atoms with Crippen LogP contribution in [-0.2, 0) is 33.4 Å². The predicted molar refractivity (Wildman–Crippen MR) is 138 cm³/mol. The van der Waals surface area contributed by atoms with Gasteiger partial charge in [-0.25, -0.2) is 9.59 Å². The summed E-state index contributed by atoms with van der Waals surface area (Å²) in [6.07, 6.45) is 8.43. The highest BCUT2D eigenvalue weighted by Crippen LogP contribution is 2.68. The van der Waals surface area contributed by atoms with Crippen molar-refractivity contribution in [1.29, 1.82) is 0 Å². The number of hydrogen-bond donors (Lipinski definition) is 0. The molecule has 8 atom stereocenters. The van der Waals surface area contributed by atoms with Crippen molar-refractivity contribution in [2.75, 3.05) is 6.61 Å². The van der Waals surface area contributed by atoms with Crippen LogP contribution in [0.4, 0.5) is 0 Å². The van der Waals surface area contributed by atoms with Gasteiger partial charge in [-0.05, 0) is 55.7 Å². The highest BCUT2D eigenvalue weighted by Gasteiger charge is 2.70. The second-order valence-corrected chi connectivity index (χ2v) is 12.5. The number of furan rings is 1. The highest BCUT2D eigenvalue weighted by molar-refractivity contribution is 5.96. The van der Waals surface area contributed by atoms with E-state index in [1.807, 2.05) is 26.0 Å². The van der Waals surface area contributed by atoms with Crippen LogP contribution < -0.4 is 0 Å². The molecule has 206 valence electrons. The molecule has 1 saturated heterocycles. The van der Waals surface area contributed by atoms with E-state index in [4.69, 9.17) is 18.6 Å². The molecule has 0 radical (unpaired) electrons. The summed E-state index contributed by atoms with van der Waals surface area (Å²) in [4.78, 5) is 53.0. The number of ketones is 1. The molecule has 5 aliphatic rings. The van der Waals surface area contributed by atoms with Gasteiger partial charge in [-0.2, -0.15) is 0 Å². The van der Waals surface area contributed by atoms with Gasteiger partial charge in [0.15, 0.2) is 0 Å². The molecule has 2 bridgehead atoms. The zero-order chi connectivity index (χ0) is 27.9. The Labute approximate surface area is 227 Å². The minimum atomic E-state index is -0.893. The van der Waals surface area contributed by atoms with Gasteiger partial charge in [0, 0.05) is 33.5 Å². The van der Waals surface area contributed by atoms with Crippen molar-refractivity contribution in [1.82, 2.24) is 0 Å². The van der Waals surface area contributed by atoms with Crippen molar-refractivity contribution in [3.63, 3.8) is 0 Å².